The molecular formula is C17H27N3O. The number of aliphatic hydroxyl groups excluding tert-OH is 1. The number of nitrogens with zero attached hydrogens (tertiary/aromatic N) is 3. The van der Waals surface area contributed by atoms with E-state index in [1.807, 2.05) is 18.5 Å². The predicted molar refractivity (Wildman–Crippen MR) is 86.0 cm³/mol. The topological polar surface area (TPSA) is 39.6 Å². The monoisotopic (exact) mass is 289 g/mol. The first-order chi connectivity index (χ1) is 10.2. The van der Waals surface area contributed by atoms with Crippen LogP contribution in [0, 0.1) is 0 Å². The third-order valence-electron chi connectivity index (χ3n) is 4.01. The minimum Gasteiger partial charge on any atom is -0.396 e. The number of rotatable bonds is 6. The molecule has 4 nitrogen and oxygen atoms in total. The second kappa shape index (κ2) is 8.27. The lowest BCUT2D eigenvalue weighted by atomic mass is 10.1. The third-order valence-corrected chi connectivity index (χ3v) is 4.01. The lowest BCUT2D eigenvalue weighted by Gasteiger charge is -2.41. The molecule has 1 aromatic heterocycles. The molecule has 2 rings (SSSR count). The largest absolute Gasteiger partial charge is 0.396 e. The fraction of sp³-hybridized carbons (Fsp3) is 0.588. The first-order valence-corrected chi connectivity index (χ1v) is 7.78. The third kappa shape index (κ3) is 5.23. The zero-order chi connectivity index (χ0) is 15.1. The summed E-state index contributed by atoms with van der Waals surface area (Å²) in [4.78, 5) is 9.14. The SMILES string of the molecule is CC(C)=CCN1CCN(Cc2cccnc2)C[C@@H]1CCO. The Labute approximate surface area is 128 Å². The van der Waals surface area contributed by atoms with Crippen molar-refractivity contribution in [1.29, 1.82) is 0 Å². The minimum atomic E-state index is 0.261. The quantitative estimate of drug-likeness (QED) is 0.812. The second-order valence-corrected chi connectivity index (χ2v) is 6.04. The summed E-state index contributed by atoms with van der Waals surface area (Å²) < 4.78 is 0. The molecule has 0 aliphatic carbocycles. The molecule has 0 radical (unpaired) electrons. The summed E-state index contributed by atoms with van der Waals surface area (Å²) in [5.74, 6) is 0. The maximum atomic E-state index is 9.32. The van der Waals surface area contributed by atoms with E-state index in [2.05, 4.69) is 40.8 Å². The number of aliphatic hydroxyl groups is 1. The highest BCUT2D eigenvalue weighted by molar-refractivity contribution is 5.08. The van der Waals surface area contributed by atoms with Crippen LogP contribution in [0.1, 0.15) is 25.8 Å². The Morgan fingerprint density at radius 2 is 2.29 bits per heavy atom. The van der Waals surface area contributed by atoms with E-state index >= 15 is 0 Å². The van der Waals surface area contributed by atoms with Gasteiger partial charge < -0.3 is 5.11 Å². The van der Waals surface area contributed by atoms with Gasteiger partial charge in [-0.25, -0.2) is 0 Å². The van der Waals surface area contributed by atoms with Crippen LogP contribution in [0.4, 0.5) is 0 Å². The summed E-state index contributed by atoms with van der Waals surface area (Å²) in [6.07, 6.45) is 6.88. The van der Waals surface area contributed by atoms with Gasteiger partial charge in [0, 0.05) is 57.8 Å². The van der Waals surface area contributed by atoms with E-state index in [0.717, 1.165) is 39.1 Å². The van der Waals surface area contributed by atoms with Gasteiger partial charge in [0.15, 0.2) is 0 Å². The Bertz CT molecular complexity index is 443. The molecule has 0 bridgehead atoms. The molecule has 0 aromatic carbocycles. The lowest BCUT2D eigenvalue weighted by Crippen LogP contribution is -2.53. The van der Waals surface area contributed by atoms with Crippen molar-refractivity contribution < 1.29 is 5.11 Å². The van der Waals surface area contributed by atoms with Gasteiger partial charge in [0.2, 0.25) is 0 Å². The molecule has 1 saturated heterocycles. The number of hydrogen-bond donors (Lipinski definition) is 1. The molecule has 1 aromatic rings. The molecule has 0 saturated carbocycles. The van der Waals surface area contributed by atoms with Crippen LogP contribution >= 0.6 is 0 Å². The van der Waals surface area contributed by atoms with Gasteiger partial charge in [-0.05, 0) is 31.9 Å². The first kappa shape index (κ1) is 16.1. The van der Waals surface area contributed by atoms with Gasteiger partial charge in [0.05, 0.1) is 0 Å². The van der Waals surface area contributed by atoms with E-state index in [1.165, 1.54) is 11.1 Å². The van der Waals surface area contributed by atoms with Gasteiger partial charge in [-0.3, -0.25) is 14.8 Å². The molecule has 0 amide bonds. The summed E-state index contributed by atoms with van der Waals surface area (Å²) in [7, 11) is 0. The highest BCUT2D eigenvalue weighted by Gasteiger charge is 2.25. The van der Waals surface area contributed by atoms with Crippen LogP contribution in [0.3, 0.4) is 0 Å². The minimum absolute atomic E-state index is 0.261. The maximum Gasteiger partial charge on any atom is 0.0446 e. The number of allylic oxidation sites excluding steroid dienone is 1. The van der Waals surface area contributed by atoms with E-state index in [-0.39, 0.29) is 6.61 Å². The Kier molecular flexibility index (Phi) is 6.36. The molecule has 1 aliphatic rings. The van der Waals surface area contributed by atoms with Crippen LogP contribution in [0.5, 0.6) is 0 Å². The first-order valence-electron chi connectivity index (χ1n) is 7.78. The number of aromatic nitrogens is 1. The van der Waals surface area contributed by atoms with E-state index in [4.69, 9.17) is 0 Å². The standard InChI is InChI=1S/C17H27N3O/c1-15(2)5-8-20-10-9-19(14-17(20)6-11-21)13-16-4-3-7-18-12-16/h3-5,7,12,17,21H,6,8-11,13-14H2,1-2H3/t17-/m0/s1. The van der Waals surface area contributed by atoms with Gasteiger partial charge in [-0.2, -0.15) is 0 Å². The molecule has 1 aliphatic heterocycles. The Balaban J connectivity index is 1.92. The van der Waals surface area contributed by atoms with E-state index < -0.39 is 0 Å². The maximum absolute atomic E-state index is 9.32. The van der Waals surface area contributed by atoms with E-state index in [0.29, 0.717) is 6.04 Å². The molecule has 0 spiro atoms. The average molecular weight is 289 g/mol. The highest BCUT2D eigenvalue weighted by atomic mass is 16.3. The van der Waals surface area contributed by atoms with Crippen molar-refractivity contribution in [3.05, 3.63) is 41.7 Å². The summed E-state index contributed by atoms with van der Waals surface area (Å²) >= 11 is 0. The van der Waals surface area contributed by atoms with Crippen molar-refractivity contribution in [2.75, 3.05) is 32.8 Å². The Morgan fingerprint density at radius 3 is 2.95 bits per heavy atom. The Morgan fingerprint density at radius 1 is 1.43 bits per heavy atom. The number of piperazine rings is 1. The number of pyridine rings is 1. The Hall–Kier alpha value is -1.23. The van der Waals surface area contributed by atoms with Crippen molar-refractivity contribution >= 4 is 0 Å². The smallest absolute Gasteiger partial charge is 0.0446 e. The molecule has 1 fully saturated rings. The van der Waals surface area contributed by atoms with Crippen molar-refractivity contribution in [1.82, 2.24) is 14.8 Å². The van der Waals surface area contributed by atoms with Crippen molar-refractivity contribution in [3.8, 4) is 0 Å². The fourth-order valence-corrected chi connectivity index (χ4v) is 2.81. The van der Waals surface area contributed by atoms with Crippen molar-refractivity contribution in [2.45, 2.75) is 32.9 Å². The van der Waals surface area contributed by atoms with Crippen LogP contribution in [0.25, 0.3) is 0 Å². The number of hydrogen-bond acceptors (Lipinski definition) is 4. The van der Waals surface area contributed by atoms with Gasteiger partial charge in [0.1, 0.15) is 0 Å². The average Bonchev–Trinajstić information content (AvgIpc) is 2.48. The zero-order valence-electron chi connectivity index (χ0n) is 13.2. The zero-order valence-corrected chi connectivity index (χ0v) is 13.2. The molecule has 2 heterocycles. The summed E-state index contributed by atoms with van der Waals surface area (Å²) in [6, 6.07) is 4.56. The van der Waals surface area contributed by atoms with E-state index in [9.17, 15) is 5.11 Å². The molecule has 4 heteroatoms. The van der Waals surface area contributed by atoms with Gasteiger partial charge in [0.25, 0.3) is 0 Å². The molecule has 1 atom stereocenters. The predicted octanol–water partition coefficient (Wildman–Crippen LogP) is 1.92. The van der Waals surface area contributed by atoms with Crippen molar-refractivity contribution in [2.24, 2.45) is 0 Å². The summed E-state index contributed by atoms with van der Waals surface area (Å²) in [5, 5.41) is 9.32. The van der Waals surface area contributed by atoms with Crippen LogP contribution < -0.4 is 0 Å². The van der Waals surface area contributed by atoms with Crippen molar-refractivity contribution in [3.63, 3.8) is 0 Å². The van der Waals surface area contributed by atoms with Crippen LogP contribution in [-0.2, 0) is 6.54 Å². The van der Waals surface area contributed by atoms with Gasteiger partial charge in [-0.1, -0.05) is 17.7 Å². The van der Waals surface area contributed by atoms with Crippen LogP contribution in [0.15, 0.2) is 36.2 Å². The normalized spacial score (nSPS) is 20.4. The van der Waals surface area contributed by atoms with E-state index in [1.54, 1.807) is 0 Å². The second-order valence-electron chi connectivity index (χ2n) is 6.04. The summed E-state index contributed by atoms with van der Waals surface area (Å²) in [6.45, 7) is 9.64. The molecule has 21 heavy (non-hydrogen) atoms. The molecular weight excluding hydrogens is 262 g/mol. The van der Waals surface area contributed by atoms with Crippen LogP contribution in [0.2, 0.25) is 0 Å². The van der Waals surface area contributed by atoms with Crippen LogP contribution in [-0.4, -0.2) is 58.7 Å². The molecule has 0 unspecified atom stereocenters. The molecule has 1 N–H and O–H groups in total. The van der Waals surface area contributed by atoms with Gasteiger partial charge in [-0.15, -0.1) is 0 Å². The fourth-order valence-electron chi connectivity index (χ4n) is 2.81. The summed E-state index contributed by atoms with van der Waals surface area (Å²) in [5.41, 5.74) is 2.62. The lowest BCUT2D eigenvalue weighted by molar-refractivity contribution is 0.0636. The van der Waals surface area contributed by atoms with Gasteiger partial charge >= 0.3 is 0 Å². The molecule has 116 valence electrons. The highest BCUT2D eigenvalue weighted by Crippen LogP contribution is 2.15.